The molecular formula is C16H12FN5. The predicted molar refractivity (Wildman–Crippen MR) is 85.6 cm³/mol. The van der Waals surface area contributed by atoms with Crippen LogP contribution in [0.15, 0.2) is 42.6 Å². The van der Waals surface area contributed by atoms with Crippen molar-refractivity contribution in [3.8, 4) is 11.1 Å². The van der Waals surface area contributed by atoms with Gasteiger partial charge in [-0.3, -0.25) is 4.98 Å². The third kappa shape index (κ3) is 1.77. The van der Waals surface area contributed by atoms with Crippen molar-refractivity contribution in [1.82, 2.24) is 15.0 Å². The van der Waals surface area contributed by atoms with Crippen LogP contribution in [-0.4, -0.2) is 15.0 Å². The van der Waals surface area contributed by atoms with Gasteiger partial charge in [0.05, 0.1) is 11.0 Å². The Balaban J connectivity index is 2.13. The van der Waals surface area contributed by atoms with Crippen molar-refractivity contribution in [2.75, 3.05) is 11.5 Å². The van der Waals surface area contributed by atoms with E-state index in [-0.39, 0.29) is 11.8 Å². The van der Waals surface area contributed by atoms with E-state index in [1.807, 2.05) is 12.1 Å². The first kappa shape index (κ1) is 12.6. The van der Waals surface area contributed by atoms with E-state index < -0.39 is 0 Å². The molecule has 0 saturated carbocycles. The molecule has 6 heteroatoms. The van der Waals surface area contributed by atoms with Crippen LogP contribution in [0.2, 0.25) is 0 Å². The fourth-order valence-electron chi connectivity index (χ4n) is 2.76. The summed E-state index contributed by atoms with van der Waals surface area (Å²) in [5.74, 6) is 0.323. The summed E-state index contributed by atoms with van der Waals surface area (Å²) in [6, 6.07) is 10.1. The quantitative estimate of drug-likeness (QED) is 0.502. The van der Waals surface area contributed by atoms with E-state index in [0.29, 0.717) is 5.82 Å². The summed E-state index contributed by atoms with van der Waals surface area (Å²) < 4.78 is 13.2. The lowest BCUT2D eigenvalue weighted by Gasteiger charge is -2.09. The van der Waals surface area contributed by atoms with E-state index in [2.05, 4.69) is 15.0 Å². The summed E-state index contributed by atoms with van der Waals surface area (Å²) in [6.45, 7) is 0. The molecule has 0 saturated heterocycles. The second-order valence-electron chi connectivity index (χ2n) is 5.07. The smallest absolute Gasteiger partial charge is 0.199 e. The molecular weight excluding hydrogens is 281 g/mol. The molecule has 108 valence electrons. The molecule has 0 fully saturated rings. The van der Waals surface area contributed by atoms with Gasteiger partial charge in [-0.1, -0.05) is 12.1 Å². The fraction of sp³-hybridized carbons (Fsp3) is 0. The zero-order chi connectivity index (χ0) is 15.3. The Morgan fingerprint density at radius 2 is 1.82 bits per heavy atom. The number of fused-ring (bicyclic) bond motifs is 3. The molecule has 2 heterocycles. The largest absolute Gasteiger partial charge is 0.383 e. The average molecular weight is 293 g/mol. The summed E-state index contributed by atoms with van der Waals surface area (Å²) in [5.41, 5.74) is 15.1. The minimum Gasteiger partial charge on any atom is -0.383 e. The molecule has 4 rings (SSSR count). The van der Waals surface area contributed by atoms with Gasteiger partial charge in [-0.05, 0) is 29.8 Å². The standard InChI is InChI=1S/C16H12FN5/c17-9-3-1-8(2-4-9)11-7-12-13(10-5-6-20-14(10)11)15(18)22-16(19)21-12/h1-7H,18H2,(H3,19,21,22). The molecule has 22 heavy (non-hydrogen) atoms. The van der Waals surface area contributed by atoms with Crippen LogP contribution in [0, 0.1) is 5.82 Å². The van der Waals surface area contributed by atoms with Crippen LogP contribution in [0.3, 0.4) is 0 Å². The highest BCUT2D eigenvalue weighted by atomic mass is 19.1. The Morgan fingerprint density at radius 1 is 1.05 bits per heavy atom. The van der Waals surface area contributed by atoms with Crippen molar-refractivity contribution in [2.45, 2.75) is 0 Å². The van der Waals surface area contributed by atoms with Crippen molar-refractivity contribution < 1.29 is 4.39 Å². The molecule has 0 aliphatic heterocycles. The van der Waals surface area contributed by atoms with Crippen LogP contribution in [0.25, 0.3) is 32.9 Å². The maximum Gasteiger partial charge on any atom is 0.199 e. The van der Waals surface area contributed by atoms with Gasteiger partial charge in [0.15, 0.2) is 5.95 Å². The van der Waals surface area contributed by atoms with Crippen molar-refractivity contribution in [1.29, 1.82) is 0 Å². The molecule has 4 aromatic rings. The maximum absolute atomic E-state index is 13.2. The van der Waals surface area contributed by atoms with Crippen molar-refractivity contribution in [3.05, 3.63) is 48.4 Å². The van der Waals surface area contributed by atoms with Crippen LogP contribution in [0.1, 0.15) is 0 Å². The first-order valence-corrected chi connectivity index (χ1v) is 6.72. The van der Waals surface area contributed by atoms with Gasteiger partial charge in [0, 0.05) is 22.5 Å². The molecule has 0 aliphatic carbocycles. The number of halogens is 1. The first-order chi connectivity index (χ1) is 10.6. The fourth-order valence-corrected chi connectivity index (χ4v) is 2.76. The van der Waals surface area contributed by atoms with Crippen molar-refractivity contribution in [3.63, 3.8) is 0 Å². The van der Waals surface area contributed by atoms with Crippen molar-refractivity contribution >= 4 is 33.6 Å². The third-order valence-corrected chi connectivity index (χ3v) is 3.70. The molecule has 0 bridgehead atoms. The number of nitrogens with two attached hydrogens (primary N) is 2. The summed E-state index contributed by atoms with van der Waals surface area (Å²) >= 11 is 0. The Kier molecular flexibility index (Phi) is 2.53. The second kappa shape index (κ2) is 4.42. The number of rotatable bonds is 1. The second-order valence-corrected chi connectivity index (χ2v) is 5.07. The highest BCUT2D eigenvalue weighted by molar-refractivity contribution is 6.15. The van der Waals surface area contributed by atoms with Gasteiger partial charge in [0.1, 0.15) is 11.6 Å². The number of aromatic amines is 1. The van der Waals surface area contributed by atoms with E-state index >= 15 is 0 Å². The average Bonchev–Trinajstić information content (AvgIpc) is 2.95. The van der Waals surface area contributed by atoms with E-state index in [0.717, 1.165) is 32.9 Å². The number of nitrogen functional groups attached to an aromatic ring is 2. The summed E-state index contributed by atoms with van der Waals surface area (Å²) in [5, 5.41) is 1.67. The van der Waals surface area contributed by atoms with E-state index in [1.165, 1.54) is 12.1 Å². The van der Waals surface area contributed by atoms with Crippen molar-refractivity contribution in [2.24, 2.45) is 0 Å². The number of hydrogen-bond donors (Lipinski definition) is 3. The highest BCUT2D eigenvalue weighted by Crippen LogP contribution is 2.35. The van der Waals surface area contributed by atoms with E-state index in [4.69, 9.17) is 11.5 Å². The number of aromatic nitrogens is 3. The number of nitrogens with one attached hydrogen (secondary N) is 1. The lowest BCUT2D eigenvalue weighted by atomic mass is 10.00. The molecule has 5 nitrogen and oxygen atoms in total. The monoisotopic (exact) mass is 293 g/mol. The molecule has 2 aromatic carbocycles. The molecule has 0 amide bonds. The lowest BCUT2D eigenvalue weighted by molar-refractivity contribution is 0.628. The van der Waals surface area contributed by atoms with Crippen LogP contribution < -0.4 is 11.5 Å². The zero-order valence-corrected chi connectivity index (χ0v) is 11.5. The Morgan fingerprint density at radius 3 is 2.59 bits per heavy atom. The van der Waals surface area contributed by atoms with E-state index in [9.17, 15) is 4.39 Å². The zero-order valence-electron chi connectivity index (χ0n) is 11.5. The topological polar surface area (TPSA) is 93.6 Å². The predicted octanol–water partition coefficient (Wildman–Crippen LogP) is 3.08. The highest BCUT2D eigenvalue weighted by Gasteiger charge is 2.13. The Labute approximate surface area is 124 Å². The van der Waals surface area contributed by atoms with Crippen LogP contribution in [0.4, 0.5) is 16.2 Å². The molecule has 0 aliphatic rings. The summed E-state index contributed by atoms with van der Waals surface area (Å²) in [7, 11) is 0. The van der Waals surface area contributed by atoms with E-state index in [1.54, 1.807) is 18.3 Å². The SMILES string of the molecule is Nc1nc(N)c2c(cc(-c3ccc(F)cc3)c3nccc32)[nH]1. The van der Waals surface area contributed by atoms with Gasteiger partial charge < -0.3 is 16.5 Å². The number of hydrogen-bond acceptors (Lipinski definition) is 4. The molecule has 0 spiro atoms. The molecule has 5 N–H and O–H groups in total. The number of anilines is 2. The van der Waals surface area contributed by atoms with Gasteiger partial charge in [0.2, 0.25) is 0 Å². The molecule has 0 unspecified atom stereocenters. The lowest BCUT2D eigenvalue weighted by Crippen LogP contribution is -2.01. The summed E-state index contributed by atoms with van der Waals surface area (Å²) in [4.78, 5) is 11.5. The minimum atomic E-state index is -0.277. The van der Waals surface area contributed by atoms with Gasteiger partial charge in [-0.15, -0.1) is 0 Å². The maximum atomic E-state index is 13.2. The Hall–Kier alpha value is -3.15. The molecule has 0 radical (unpaired) electrons. The molecule has 2 aromatic heterocycles. The number of H-pyrrole nitrogens is 1. The van der Waals surface area contributed by atoms with Crippen LogP contribution in [0.5, 0.6) is 0 Å². The summed E-state index contributed by atoms with van der Waals surface area (Å²) in [6.07, 6.45) is 1.72. The van der Waals surface area contributed by atoms with Gasteiger partial charge in [0.25, 0.3) is 0 Å². The van der Waals surface area contributed by atoms with Gasteiger partial charge in [-0.2, -0.15) is 4.98 Å². The van der Waals surface area contributed by atoms with Gasteiger partial charge in [-0.25, -0.2) is 4.39 Å². The first-order valence-electron chi connectivity index (χ1n) is 6.72. The third-order valence-electron chi connectivity index (χ3n) is 3.70. The normalized spacial score (nSPS) is 11.3. The van der Waals surface area contributed by atoms with Gasteiger partial charge >= 0.3 is 0 Å². The molecule has 0 atom stereocenters. The minimum absolute atomic E-state index is 0.244. The number of nitrogens with zero attached hydrogens (tertiary/aromatic N) is 2. The number of benzene rings is 2. The Bertz CT molecular complexity index is 1000. The van der Waals surface area contributed by atoms with Crippen LogP contribution in [-0.2, 0) is 0 Å². The van der Waals surface area contributed by atoms with Crippen LogP contribution >= 0.6 is 0 Å².